The smallest absolute Gasteiger partial charge is 0.356 e. The second-order valence-electron chi connectivity index (χ2n) is 6.92. The summed E-state index contributed by atoms with van der Waals surface area (Å²) >= 11 is 1.57. The van der Waals surface area contributed by atoms with Crippen LogP contribution in [0.3, 0.4) is 0 Å². The molecule has 2 aromatic rings. The van der Waals surface area contributed by atoms with Gasteiger partial charge in [-0.2, -0.15) is 0 Å². The molecule has 2 heterocycles. The van der Waals surface area contributed by atoms with E-state index in [2.05, 4.69) is 0 Å². The van der Waals surface area contributed by atoms with E-state index >= 15 is 0 Å². The molecular formula is C23H22N2O3S. The van der Waals surface area contributed by atoms with Crippen LogP contribution in [-0.4, -0.2) is 33.9 Å². The maximum Gasteiger partial charge on any atom is 0.356 e. The van der Waals surface area contributed by atoms with Gasteiger partial charge >= 0.3 is 5.97 Å². The minimum absolute atomic E-state index is 0.217. The van der Waals surface area contributed by atoms with Crippen molar-refractivity contribution in [3.8, 4) is 0 Å². The Morgan fingerprint density at radius 2 is 1.72 bits per heavy atom. The standard InChI is InChI=1S/C23H22N2O3S/c1-2-9-17-14-29-22-18(24)21(26)25(22)19(17)23(27)28-20(15-10-5-3-6-11-15)16-12-7-4-8-13-16/h2-13,18,20,22H,14,24H2,1H3/t18?,22-/m1/s1. The monoisotopic (exact) mass is 406 g/mol. The molecule has 2 N–H and O–H groups in total. The van der Waals surface area contributed by atoms with Crippen molar-refractivity contribution in [2.75, 3.05) is 5.75 Å². The number of β-lactam (4-membered cyclic amide) rings is 1. The minimum Gasteiger partial charge on any atom is -0.448 e. The van der Waals surface area contributed by atoms with E-state index in [1.165, 1.54) is 4.90 Å². The molecule has 1 unspecified atom stereocenters. The molecule has 6 heteroatoms. The fourth-order valence-corrected chi connectivity index (χ4v) is 4.87. The minimum atomic E-state index is -0.575. The second kappa shape index (κ2) is 8.27. The molecule has 29 heavy (non-hydrogen) atoms. The lowest BCUT2D eigenvalue weighted by atomic mass is 10.0. The van der Waals surface area contributed by atoms with E-state index in [9.17, 15) is 9.59 Å². The van der Waals surface area contributed by atoms with Gasteiger partial charge in [-0.3, -0.25) is 9.69 Å². The van der Waals surface area contributed by atoms with Gasteiger partial charge in [0, 0.05) is 5.75 Å². The summed E-state index contributed by atoms with van der Waals surface area (Å²) in [4.78, 5) is 27.2. The molecule has 0 radical (unpaired) electrons. The number of nitrogens with zero attached hydrogens (tertiary/aromatic N) is 1. The summed E-state index contributed by atoms with van der Waals surface area (Å²) in [5, 5.41) is -0.217. The number of ether oxygens (including phenoxy) is 1. The maximum atomic E-state index is 13.3. The van der Waals surface area contributed by atoms with Crippen LogP contribution < -0.4 is 5.73 Å². The van der Waals surface area contributed by atoms with Crippen molar-refractivity contribution in [3.05, 3.63) is 95.2 Å². The highest BCUT2D eigenvalue weighted by Crippen LogP contribution is 2.41. The summed E-state index contributed by atoms with van der Waals surface area (Å²) in [6.07, 6.45) is 3.15. The number of rotatable bonds is 5. The summed E-state index contributed by atoms with van der Waals surface area (Å²) < 4.78 is 6.00. The predicted octanol–water partition coefficient (Wildman–Crippen LogP) is 3.39. The predicted molar refractivity (Wildman–Crippen MR) is 114 cm³/mol. The van der Waals surface area contributed by atoms with Crippen LogP contribution in [0.25, 0.3) is 0 Å². The van der Waals surface area contributed by atoms with Crippen molar-refractivity contribution >= 4 is 23.6 Å². The fraction of sp³-hybridized carbons (Fsp3) is 0.217. The number of allylic oxidation sites excluding steroid dienone is 2. The van der Waals surface area contributed by atoms with Gasteiger partial charge in [-0.25, -0.2) is 4.79 Å². The lowest BCUT2D eigenvalue weighted by molar-refractivity contribution is -0.153. The number of benzene rings is 2. The quantitative estimate of drug-likeness (QED) is 0.609. The SMILES string of the molecule is CC=CC1=C(C(=O)OC(c2ccccc2)c2ccccc2)N2C(=O)C(N)[C@H]2SC1. The first-order valence-corrected chi connectivity index (χ1v) is 10.5. The van der Waals surface area contributed by atoms with Crippen LogP contribution in [-0.2, 0) is 14.3 Å². The Morgan fingerprint density at radius 1 is 1.14 bits per heavy atom. The van der Waals surface area contributed by atoms with Crippen molar-refractivity contribution in [3.63, 3.8) is 0 Å². The number of amides is 1. The molecule has 0 saturated carbocycles. The van der Waals surface area contributed by atoms with Crippen LogP contribution in [0.2, 0.25) is 0 Å². The summed E-state index contributed by atoms with van der Waals surface area (Å²) in [7, 11) is 0. The number of hydrogen-bond donors (Lipinski definition) is 1. The molecule has 4 rings (SSSR count). The first-order valence-electron chi connectivity index (χ1n) is 9.48. The third-order valence-electron chi connectivity index (χ3n) is 5.03. The third-order valence-corrected chi connectivity index (χ3v) is 6.35. The van der Waals surface area contributed by atoms with Gasteiger partial charge in [0.25, 0.3) is 0 Å². The Bertz CT molecular complexity index is 933. The highest BCUT2D eigenvalue weighted by Gasteiger charge is 2.52. The average Bonchev–Trinajstić information content (AvgIpc) is 2.77. The Kier molecular flexibility index (Phi) is 5.56. The van der Waals surface area contributed by atoms with Gasteiger partial charge in [0.15, 0.2) is 6.10 Å². The zero-order valence-corrected chi connectivity index (χ0v) is 16.8. The van der Waals surface area contributed by atoms with Gasteiger partial charge in [0.05, 0.1) is 0 Å². The Balaban J connectivity index is 1.70. The summed E-state index contributed by atoms with van der Waals surface area (Å²) in [6, 6.07) is 18.6. The number of hydrogen-bond acceptors (Lipinski definition) is 5. The number of thioether (sulfide) groups is 1. The molecule has 0 aromatic heterocycles. The zero-order chi connectivity index (χ0) is 20.4. The lowest BCUT2D eigenvalue weighted by Crippen LogP contribution is -2.68. The fourth-order valence-electron chi connectivity index (χ4n) is 3.61. The summed E-state index contributed by atoms with van der Waals surface area (Å²) in [5.41, 5.74) is 8.75. The van der Waals surface area contributed by atoms with Gasteiger partial charge in [0.2, 0.25) is 5.91 Å². The summed E-state index contributed by atoms with van der Waals surface area (Å²) in [6.45, 7) is 1.88. The first kappa shape index (κ1) is 19.5. The van der Waals surface area contributed by atoms with E-state index in [-0.39, 0.29) is 11.3 Å². The number of carbonyl (C=O) groups excluding carboxylic acids is 2. The van der Waals surface area contributed by atoms with Crippen LogP contribution >= 0.6 is 11.8 Å². The van der Waals surface area contributed by atoms with Crippen molar-refractivity contribution in [2.45, 2.75) is 24.4 Å². The molecule has 2 atom stereocenters. The molecule has 0 aliphatic carbocycles. The van der Waals surface area contributed by atoms with Crippen LogP contribution in [0, 0.1) is 0 Å². The lowest BCUT2D eigenvalue weighted by Gasteiger charge is -2.48. The van der Waals surface area contributed by atoms with Crippen molar-refractivity contribution in [2.24, 2.45) is 5.73 Å². The van der Waals surface area contributed by atoms with Crippen LogP contribution in [0.15, 0.2) is 84.1 Å². The van der Waals surface area contributed by atoms with E-state index in [0.29, 0.717) is 11.4 Å². The average molecular weight is 407 g/mol. The molecular weight excluding hydrogens is 384 g/mol. The Labute approximate surface area is 174 Å². The molecule has 0 bridgehead atoms. The number of fused-ring (bicyclic) bond motifs is 1. The molecule has 2 aliphatic rings. The Hall–Kier alpha value is -2.83. The van der Waals surface area contributed by atoms with E-state index < -0.39 is 18.1 Å². The van der Waals surface area contributed by atoms with E-state index in [4.69, 9.17) is 10.5 Å². The van der Waals surface area contributed by atoms with Crippen molar-refractivity contribution < 1.29 is 14.3 Å². The van der Waals surface area contributed by atoms with E-state index in [0.717, 1.165) is 16.7 Å². The molecule has 1 fully saturated rings. The van der Waals surface area contributed by atoms with Gasteiger partial charge in [-0.05, 0) is 23.6 Å². The van der Waals surface area contributed by atoms with Gasteiger partial charge in [0.1, 0.15) is 17.1 Å². The van der Waals surface area contributed by atoms with Gasteiger partial charge < -0.3 is 10.5 Å². The third kappa shape index (κ3) is 3.61. The summed E-state index contributed by atoms with van der Waals surface area (Å²) in [5.74, 6) is -0.147. The number of esters is 1. The number of nitrogens with two attached hydrogens (primary N) is 1. The highest BCUT2D eigenvalue weighted by molar-refractivity contribution is 8.00. The van der Waals surface area contributed by atoms with Crippen molar-refractivity contribution in [1.29, 1.82) is 0 Å². The molecule has 1 saturated heterocycles. The maximum absolute atomic E-state index is 13.3. The molecule has 5 nitrogen and oxygen atoms in total. The van der Waals surface area contributed by atoms with Crippen molar-refractivity contribution in [1.82, 2.24) is 4.90 Å². The van der Waals surface area contributed by atoms with Crippen LogP contribution in [0.1, 0.15) is 24.2 Å². The van der Waals surface area contributed by atoms with E-state index in [1.54, 1.807) is 11.8 Å². The molecule has 148 valence electrons. The second-order valence-corrected chi connectivity index (χ2v) is 8.02. The molecule has 1 amide bonds. The normalized spacial score (nSPS) is 21.3. The largest absolute Gasteiger partial charge is 0.448 e. The number of carbonyl (C=O) groups is 2. The van der Waals surface area contributed by atoms with Gasteiger partial charge in [-0.1, -0.05) is 72.8 Å². The van der Waals surface area contributed by atoms with Gasteiger partial charge in [-0.15, -0.1) is 11.8 Å². The molecule has 0 spiro atoms. The molecule has 2 aromatic carbocycles. The topological polar surface area (TPSA) is 72.6 Å². The van der Waals surface area contributed by atoms with Crippen LogP contribution in [0.5, 0.6) is 0 Å². The van der Waals surface area contributed by atoms with Crippen LogP contribution in [0.4, 0.5) is 0 Å². The molecule has 2 aliphatic heterocycles. The highest BCUT2D eigenvalue weighted by atomic mass is 32.2. The Morgan fingerprint density at radius 3 is 2.28 bits per heavy atom. The first-order chi connectivity index (χ1) is 14.1. The van der Waals surface area contributed by atoms with E-state index in [1.807, 2.05) is 79.7 Å². The zero-order valence-electron chi connectivity index (χ0n) is 16.0.